The Balaban J connectivity index is 1.55. The summed E-state index contributed by atoms with van der Waals surface area (Å²) in [5.41, 5.74) is 6.43. The van der Waals surface area contributed by atoms with Crippen LogP contribution in [0.2, 0.25) is 0 Å². The molecule has 0 aliphatic carbocycles. The van der Waals surface area contributed by atoms with Crippen LogP contribution in [-0.2, 0) is 11.2 Å². The lowest BCUT2D eigenvalue weighted by atomic mass is 10.1. The average molecular weight is 443 g/mol. The van der Waals surface area contributed by atoms with Crippen molar-refractivity contribution in [3.63, 3.8) is 0 Å². The first-order valence-electron chi connectivity index (χ1n) is 10.6. The number of anilines is 1. The monoisotopic (exact) mass is 442 g/mol. The number of thioether (sulfide) groups is 1. The first kappa shape index (κ1) is 21.8. The van der Waals surface area contributed by atoms with Gasteiger partial charge in [-0.1, -0.05) is 71.9 Å². The molecule has 0 bridgehead atoms. The van der Waals surface area contributed by atoms with Crippen molar-refractivity contribution in [3.8, 4) is 5.69 Å². The van der Waals surface area contributed by atoms with Crippen LogP contribution in [0.4, 0.5) is 5.69 Å². The highest BCUT2D eigenvalue weighted by molar-refractivity contribution is 7.99. The van der Waals surface area contributed by atoms with Gasteiger partial charge in [0.05, 0.1) is 5.75 Å². The van der Waals surface area contributed by atoms with Gasteiger partial charge in [-0.05, 0) is 55.7 Å². The quantitative estimate of drug-likeness (QED) is 0.383. The molecule has 3 aromatic carbocycles. The Morgan fingerprint density at radius 3 is 2.41 bits per heavy atom. The molecule has 0 saturated carbocycles. The van der Waals surface area contributed by atoms with Crippen molar-refractivity contribution in [2.75, 3.05) is 11.1 Å². The van der Waals surface area contributed by atoms with Crippen molar-refractivity contribution >= 4 is 23.4 Å². The highest BCUT2D eigenvalue weighted by Crippen LogP contribution is 2.25. The molecule has 5 nitrogen and oxygen atoms in total. The molecule has 0 aliphatic rings. The third kappa shape index (κ3) is 5.08. The normalized spacial score (nSPS) is 10.8. The minimum Gasteiger partial charge on any atom is -0.325 e. The van der Waals surface area contributed by atoms with E-state index in [9.17, 15) is 4.79 Å². The largest absolute Gasteiger partial charge is 0.325 e. The number of carbonyl (C=O) groups is 1. The van der Waals surface area contributed by atoms with E-state index in [1.807, 2.05) is 54.8 Å². The number of rotatable bonds is 7. The fourth-order valence-electron chi connectivity index (χ4n) is 3.44. The van der Waals surface area contributed by atoms with E-state index in [1.165, 1.54) is 17.3 Å². The summed E-state index contributed by atoms with van der Waals surface area (Å²) >= 11 is 1.39. The van der Waals surface area contributed by atoms with Crippen LogP contribution in [0.5, 0.6) is 0 Å². The second-order valence-corrected chi connectivity index (χ2v) is 8.76. The van der Waals surface area contributed by atoms with Gasteiger partial charge in [0.2, 0.25) is 5.91 Å². The molecule has 1 N–H and O–H groups in total. The van der Waals surface area contributed by atoms with Crippen LogP contribution in [0.3, 0.4) is 0 Å². The van der Waals surface area contributed by atoms with Gasteiger partial charge in [0.1, 0.15) is 5.82 Å². The van der Waals surface area contributed by atoms with Crippen LogP contribution in [0, 0.1) is 20.8 Å². The number of hydrogen-bond donors (Lipinski definition) is 1. The van der Waals surface area contributed by atoms with Crippen molar-refractivity contribution in [1.82, 2.24) is 14.8 Å². The van der Waals surface area contributed by atoms with Crippen LogP contribution in [-0.4, -0.2) is 26.4 Å². The van der Waals surface area contributed by atoms with Gasteiger partial charge in [0.15, 0.2) is 5.16 Å². The van der Waals surface area contributed by atoms with E-state index in [2.05, 4.69) is 58.8 Å². The molecule has 162 valence electrons. The van der Waals surface area contributed by atoms with Crippen LogP contribution in [0.15, 0.2) is 78.0 Å². The number of hydrogen-bond acceptors (Lipinski definition) is 4. The minimum atomic E-state index is -0.0632. The van der Waals surface area contributed by atoms with Gasteiger partial charge in [0, 0.05) is 17.8 Å². The smallest absolute Gasteiger partial charge is 0.234 e. The predicted molar refractivity (Wildman–Crippen MR) is 131 cm³/mol. The number of carbonyl (C=O) groups excluding carboxylic acids is 1. The summed E-state index contributed by atoms with van der Waals surface area (Å²) in [5, 5.41) is 12.6. The van der Waals surface area contributed by atoms with Gasteiger partial charge in [-0.15, -0.1) is 10.2 Å². The van der Waals surface area contributed by atoms with Gasteiger partial charge in [-0.2, -0.15) is 0 Å². The molecule has 0 radical (unpaired) electrons. The number of nitrogens with one attached hydrogen (secondary N) is 1. The molecule has 0 atom stereocenters. The Bertz CT molecular complexity index is 1220. The van der Waals surface area contributed by atoms with E-state index in [4.69, 9.17) is 0 Å². The zero-order valence-electron chi connectivity index (χ0n) is 18.5. The average Bonchev–Trinajstić information content (AvgIpc) is 3.19. The zero-order valence-corrected chi connectivity index (χ0v) is 19.3. The maximum Gasteiger partial charge on any atom is 0.234 e. The Hall–Kier alpha value is -3.38. The molecule has 1 heterocycles. The second-order valence-electron chi connectivity index (χ2n) is 7.82. The first-order chi connectivity index (χ1) is 15.5. The van der Waals surface area contributed by atoms with Crippen molar-refractivity contribution in [2.24, 2.45) is 0 Å². The van der Waals surface area contributed by atoms with E-state index in [-0.39, 0.29) is 11.7 Å². The van der Waals surface area contributed by atoms with Crippen molar-refractivity contribution in [2.45, 2.75) is 32.3 Å². The van der Waals surface area contributed by atoms with Crippen molar-refractivity contribution in [1.29, 1.82) is 0 Å². The molecule has 1 amide bonds. The predicted octanol–water partition coefficient (Wildman–Crippen LogP) is 5.51. The Kier molecular flexibility index (Phi) is 6.71. The van der Waals surface area contributed by atoms with Crippen LogP contribution in [0.25, 0.3) is 5.69 Å². The number of benzene rings is 3. The third-order valence-corrected chi connectivity index (χ3v) is 6.34. The molecule has 0 saturated heterocycles. The minimum absolute atomic E-state index is 0.0632. The maximum absolute atomic E-state index is 12.7. The lowest BCUT2D eigenvalue weighted by Gasteiger charge is -2.12. The third-order valence-electron chi connectivity index (χ3n) is 5.41. The standard InChI is InChI=1S/C26H26N4OS/c1-18-12-14-22(15-13-18)30-24(16-21-9-5-4-6-10-21)28-29-26(30)32-17-25(31)27-23-11-7-8-19(2)20(23)3/h4-15H,16-17H2,1-3H3,(H,27,31). The topological polar surface area (TPSA) is 59.8 Å². The zero-order chi connectivity index (χ0) is 22.5. The van der Waals surface area contributed by atoms with Crippen LogP contribution >= 0.6 is 11.8 Å². The second kappa shape index (κ2) is 9.83. The van der Waals surface area contributed by atoms with Crippen molar-refractivity contribution in [3.05, 3.63) is 101 Å². The van der Waals surface area contributed by atoms with E-state index in [0.29, 0.717) is 11.6 Å². The molecular formula is C26H26N4OS. The summed E-state index contributed by atoms with van der Waals surface area (Å²) < 4.78 is 2.04. The fourth-order valence-corrected chi connectivity index (χ4v) is 4.21. The highest BCUT2D eigenvalue weighted by Gasteiger charge is 2.17. The van der Waals surface area contributed by atoms with E-state index >= 15 is 0 Å². The summed E-state index contributed by atoms with van der Waals surface area (Å²) in [7, 11) is 0. The molecular weight excluding hydrogens is 416 g/mol. The molecule has 1 aromatic heterocycles. The van der Waals surface area contributed by atoms with Gasteiger partial charge < -0.3 is 5.32 Å². The molecule has 32 heavy (non-hydrogen) atoms. The lowest BCUT2D eigenvalue weighted by Crippen LogP contribution is -2.15. The molecule has 0 aliphatic heterocycles. The number of nitrogens with zero attached hydrogens (tertiary/aromatic N) is 3. The van der Waals surface area contributed by atoms with Crippen molar-refractivity contribution < 1.29 is 4.79 Å². The summed E-state index contributed by atoms with van der Waals surface area (Å²) in [6.45, 7) is 6.12. The Morgan fingerprint density at radius 1 is 0.906 bits per heavy atom. The van der Waals surface area contributed by atoms with Gasteiger partial charge >= 0.3 is 0 Å². The summed E-state index contributed by atoms with van der Waals surface area (Å²) in [6, 6.07) is 24.4. The first-order valence-corrected chi connectivity index (χ1v) is 11.5. The Morgan fingerprint density at radius 2 is 1.66 bits per heavy atom. The van der Waals surface area contributed by atoms with Gasteiger partial charge in [-0.3, -0.25) is 9.36 Å². The maximum atomic E-state index is 12.7. The SMILES string of the molecule is Cc1ccc(-n2c(Cc3ccccc3)nnc2SCC(=O)Nc2cccc(C)c2C)cc1. The Labute approximate surface area is 192 Å². The van der Waals surface area contributed by atoms with E-state index < -0.39 is 0 Å². The molecule has 4 aromatic rings. The molecule has 0 unspecified atom stereocenters. The van der Waals surface area contributed by atoms with Crippen LogP contribution < -0.4 is 5.32 Å². The summed E-state index contributed by atoms with van der Waals surface area (Å²) in [6.07, 6.45) is 0.664. The van der Waals surface area contributed by atoms with Gasteiger partial charge in [0.25, 0.3) is 0 Å². The molecule has 4 rings (SSSR count). The number of aryl methyl sites for hydroxylation is 2. The number of amides is 1. The summed E-state index contributed by atoms with van der Waals surface area (Å²) in [5.74, 6) is 1.03. The fraction of sp³-hybridized carbons (Fsp3) is 0.192. The van der Waals surface area contributed by atoms with Crippen LogP contribution in [0.1, 0.15) is 28.1 Å². The molecule has 0 spiro atoms. The summed E-state index contributed by atoms with van der Waals surface area (Å²) in [4.78, 5) is 12.7. The van der Waals surface area contributed by atoms with E-state index in [0.717, 1.165) is 33.9 Å². The van der Waals surface area contributed by atoms with E-state index in [1.54, 1.807) is 0 Å². The highest BCUT2D eigenvalue weighted by atomic mass is 32.2. The number of aromatic nitrogens is 3. The molecule has 6 heteroatoms. The van der Waals surface area contributed by atoms with Gasteiger partial charge in [-0.25, -0.2) is 0 Å². The molecule has 0 fully saturated rings. The lowest BCUT2D eigenvalue weighted by molar-refractivity contribution is -0.113.